The molecular weight excluding hydrogens is 232 g/mol. The van der Waals surface area contributed by atoms with Gasteiger partial charge in [0.25, 0.3) is 0 Å². The number of nitrogens with zero attached hydrogens (tertiary/aromatic N) is 1. The summed E-state index contributed by atoms with van der Waals surface area (Å²) in [4.78, 5) is 0. The first-order valence-electron chi connectivity index (χ1n) is 3.54. The number of rotatable bonds is 6. The van der Waals surface area contributed by atoms with Gasteiger partial charge in [0.05, 0.1) is 0 Å². The molecule has 9 heteroatoms. The van der Waals surface area contributed by atoms with Gasteiger partial charge in [-0.05, 0) is 0 Å². The molecule has 7 nitrogen and oxygen atoms in total. The molecule has 0 amide bonds. The van der Waals surface area contributed by atoms with Crippen molar-refractivity contribution in [2.24, 2.45) is 4.52 Å². The molecule has 14 heavy (non-hydrogen) atoms. The lowest BCUT2D eigenvalue weighted by atomic mass is 11.8. The number of hydrogen-bond acceptors (Lipinski definition) is 6. The smallest absolute Gasteiger partial charge is 0.306 e. The highest BCUT2D eigenvalue weighted by molar-refractivity contribution is 7.63. The van der Waals surface area contributed by atoms with E-state index >= 15 is 0 Å². The second-order valence-electron chi connectivity index (χ2n) is 1.94. The van der Waals surface area contributed by atoms with Crippen molar-refractivity contribution >= 4 is 15.5 Å². The first kappa shape index (κ1) is 14.3. The van der Waals surface area contributed by atoms with Crippen molar-refractivity contribution in [2.75, 3.05) is 35.5 Å². The highest BCUT2D eigenvalue weighted by Crippen LogP contribution is 2.63. The van der Waals surface area contributed by atoms with Gasteiger partial charge < -0.3 is 13.6 Å². The van der Waals surface area contributed by atoms with Crippen LogP contribution in [0.25, 0.3) is 0 Å². The minimum absolute atomic E-state index is 1.21. The summed E-state index contributed by atoms with van der Waals surface area (Å²) in [5, 5.41) is 0. The third-order valence-corrected chi connectivity index (χ3v) is 5.43. The average Bonchev–Trinajstić information content (AvgIpc) is 2.26. The first-order valence-corrected chi connectivity index (χ1v) is 6.53. The normalized spacial score (nSPS) is 12.9. The third-order valence-electron chi connectivity index (χ3n) is 1.37. The summed E-state index contributed by atoms with van der Waals surface area (Å²) in [6, 6.07) is 0. The zero-order valence-corrected chi connectivity index (χ0v) is 10.6. The van der Waals surface area contributed by atoms with Crippen molar-refractivity contribution in [3.8, 4) is 0 Å². The summed E-state index contributed by atoms with van der Waals surface area (Å²) in [5.74, 6) is 0. The monoisotopic (exact) mass is 247 g/mol. The summed E-state index contributed by atoms with van der Waals surface area (Å²) in [7, 11) is -0.111. The minimum atomic E-state index is -3.55. The fraction of sp³-hybridized carbons (Fsp3) is 1.00. The summed E-state index contributed by atoms with van der Waals surface area (Å²) >= 11 is 0. The topological polar surface area (TPSA) is 75.6 Å². The lowest BCUT2D eigenvalue weighted by Crippen LogP contribution is -1.93. The van der Waals surface area contributed by atoms with E-state index in [9.17, 15) is 4.57 Å². The van der Waals surface area contributed by atoms with Crippen molar-refractivity contribution in [1.82, 2.24) is 0 Å². The molecule has 0 fully saturated rings. The maximum absolute atomic E-state index is 11.6. The fourth-order valence-electron chi connectivity index (χ4n) is 0.615. The molecule has 0 rings (SSSR count). The van der Waals surface area contributed by atoms with E-state index in [2.05, 4.69) is 13.6 Å². The quantitative estimate of drug-likeness (QED) is 0.670. The van der Waals surface area contributed by atoms with E-state index in [0.29, 0.717) is 0 Å². The molecule has 0 saturated heterocycles. The SMILES string of the molecule is COP(=O)(N=P(OC)(OC)OC)OC. The van der Waals surface area contributed by atoms with Crippen LogP contribution in [0.5, 0.6) is 0 Å². The molecule has 0 saturated carbocycles. The Morgan fingerprint density at radius 1 is 0.786 bits per heavy atom. The molecule has 0 heterocycles. The standard InChI is InChI=1S/C5H15NO6P2/c1-8-13(7,9-2)6-14(10-3,11-4)12-5/h1-5H3. The van der Waals surface area contributed by atoms with Gasteiger partial charge in [-0.15, -0.1) is 4.52 Å². The van der Waals surface area contributed by atoms with Crippen LogP contribution in [0.3, 0.4) is 0 Å². The Bertz CT molecular complexity index is 240. The Balaban J connectivity index is 5.17. The first-order chi connectivity index (χ1) is 6.51. The van der Waals surface area contributed by atoms with Crippen LogP contribution in [0, 0.1) is 0 Å². The molecule has 0 bridgehead atoms. The van der Waals surface area contributed by atoms with Crippen molar-refractivity contribution in [3.63, 3.8) is 0 Å². The molecular formula is C5H15NO6P2. The molecule has 0 aliphatic rings. The van der Waals surface area contributed by atoms with Gasteiger partial charge in [0, 0.05) is 35.5 Å². The van der Waals surface area contributed by atoms with Crippen molar-refractivity contribution in [2.45, 2.75) is 0 Å². The van der Waals surface area contributed by atoms with E-state index in [-0.39, 0.29) is 0 Å². The van der Waals surface area contributed by atoms with Crippen LogP contribution in [0.4, 0.5) is 0 Å². The minimum Gasteiger partial charge on any atom is -0.306 e. The van der Waals surface area contributed by atoms with Gasteiger partial charge in [-0.2, -0.15) is 0 Å². The molecule has 0 aliphatic carbocycles. The summed E-state index contributed by atoms with van der Waals surface area (Å²) in [6.07, 6.45) is 0. The van der Waals surface area contributed by atoms with Gasteiger partial charge in [0.2, 0.25) is 0 Å². The molecule has 0 unspecified atom stereocenters. The maximum atomic E-state index is 11.6. The zero-order valence-electron chi connectivity index (χ0n) is 8.79. The predicted molar refractivity (Wildman–Crippen MR) is 52.0 cm³/mol. The van der Waals surface area contributed by atoms with Gasteiger partial charge in [0.15, 0.2) is 0 Å². The second kappa shape index (κ2) is 5.98. The fourth-order valence-corrected chi connectivity index (χ4v) is 3.75. The van der Waals surface area contributed by atoms with E-state index in [4.69, 9.17) is 13.6 Å². The van der Waals surface area contributed by atoms with Crippen LogP contribution in [0.15, 0.2) is 4.52 Å². The van der Waals surface area contributed by atoms with Gasteiger partial charge in [0.1, 0.15) is 0 Å². The van der Waals surface area contributed by atoms with E-state index in [0.717, 1.165) is 0 Å². The Labute approximate surface area is 83.5 Å². The Morgan fingerprint density at radius 3 is 1.36 bits per heavy atom. The summed E-state index contributed by atoms with van der Waals surface area (Å²) in [5.41, 5.74) is 0. The lowest BCUT2D eigenvalue weighted by molar-refractivity contribution is 0.221. The molecule has 0 aliphatic heterocycles. The van der Waals surface area contributed by atoms with E-state index in [1.54, 1.807) is 0 Å². The molecule has 86 valence electrons. The van der Waals surface area contributed by atoms with Crippen molar-refractivity contribution < 1.29 is 27.2 Å². The van der Waals surface area contributed by atoms with E-state index in [1.807, 2.05) is 0 Å². The van der Waals surface area contributed by atoms with E-state index in [1.165, 1.54) is 35.5 Å². The average molecular weight is 247 g/mol. The lowest BCUT2D eigenvalue weighted by Gasteiger charge is -2.19. The van der Waals surface area contributed by atoms with Gasteiger partial charge >= 0.3 is 15.5 Å². The highest BCUT2D eigenvalue weighted by atomic mass is 31.2. The molecule has 0 aromatic rings. The molecule has 0 N–H and O–H groups in total. The van der Waals surface area contributed by atoms with Crippen LogP contribution in [-0.4, -0.2) is 35.5 Å². The summed E-state index contributed by atoms with van der Waals surface area (Å²) in [6.45, 7) is 0. The van der Waals surface area contributed by atoms with Crippen LogP contribution in [0.2, 0.25) is 0 Å². The van der Waals surface area contributed by atoms with Gasteiger partial charge in [-0.25, -0.2) is 4.57 Å². The zero-order chi connectivity index (χ0) is 11.2. The molecule has 0 aromatic heterocycles. The van der Waals surface area contributed by atoms with Crippen molar-refractivity contribution in [3.05, 3.63) is 0 Å². The summed E-state index contributed by atoms with van der Waals surface area (Å²) < 4.78 is 39.2. The van der Waals surface area contributed by atoms with Crippen LogP contribution < -0.4 is 0 Å². The Hall–Kier alpha value is 0.260. The Morgan fingerprint density at radius 2 is 1.14 bits per heavy atom. The molecule has 0 aromatic carbocycles. The van der Waals surface area contributed by atoms with Crippen LogP contribution in [0.1, 0.15) is 0 Å². The molecule has 0 radical (unpaired) electrons. The van der Waals surface area contributed by atoms with Gasteiger partial charge in [-0.3, -0.25) is 9.05 Å². The number of hydrogen-bond donors (Lipinski definition) is 0. The van der Waals surface area contributed by atoms with Crippen LogP contribution >= 0.6 is 15.5 Å². The molecule has 0 spiro atoms. The third kappa shape index (κ3) is 3.44. The largest absolute Gasteiger partial charge is 0.457 e. The molecule has 0 atom stereocenters. The Kier molecular flexibility index (Phi) is 6.09. The van der Waals surface area contributed by atoms with Crippen molar-refractivity contribution in [1.29, 1.82) is 0 Å². The van der Waals surface area contributed by atoms with E-state index < -0.39 is 15.5 Å². The highest BCUT2D eigenvalue weighted by Gasteiger charge is 2.29. The van der Waals surface area contributed by atoms with Gasteiger partial charge in [-0.1, -0.05) is 0 Å². The van der Waals surface area contributed by atoms with Crippen LogP contribution in [-0.2, 0) is 27.2 Å². The predicted octanol–water partition coefficient (Wildman–Crippen LogP) is 2.27. The second-order valence-corrected chi connectivity index (χ2v) is 6.35. The maximum Gasteiger partial charge on any atom is 0.457 e.